The number of hydrogen-bond acceptors (Lipinski definition) is 1. The van der Waals surface area contributed by atoms with Gasteiger partial charge in [0.25, 0.3) is 0 Å². The Hall–Kier alpha value is -1.08. The molecule has 1 heteroatoms. The van der Waals surface area contributed by atoms with E-state index in [0.29, 0.717) is 11.8 Å². The maximum absolute atomic E-state index is 6.12. The van der Waals surface area contributed by atoms with Gasteiger partial charge in [-0.25, -0.2) is 0 Å². The predicted molar refractivity (Wildman–Crippen MR) is 67.2 cm³/mol. The summed E-state index contributed by atoms with van der Waals surface area (Å²) in [7, 11) is 0. The fraction of sp³-hybridized carbons (Fsp3) is 0.467. The Morgan fingerprint density at radius 3 is 2.62 bits per heavy atom. The first-order valence-corrected chi connectivity index (χ1v) is 6.04. The van der Waals surface area contributed by atoms with Crippen molar-refractivity contribution in [2.75, 3.05) is 6.61 Å². The minimum atomic E-state index is -0.164. The van der Waals surface area contributed by atoms with Crippen LogP contribution >= 0.6 is 0 Å². The molecule has 86 valence electrons. The van der Waals surface area contributed by atoms with E-state index in [0.717, 1.165) is 13.0 Å². The highest BCUT2D eigenvalue weighted by Gasteiger charge is 2.46. The Morgan fingerprint density at radius 2 is 2.06 bits per heavy atom. The summed E-state index contributed by atoms with van der Waals surface area (Å²) < 4.78 is 6.12. The lowest BCUT2D eigenvalue weighted by atomic mass is 9.74. The van der Waals surface area contributed by atoms with Gasteiger partial charge in [-0.1, -0.05) is 50.3 Å². The first kappa shape index (κ1) is 11.4. The second kappa shape index (κ2) is 4.42. The fourth-order valence-corrected chi connectivity index (χ4v) is 2.89. The fourth-order valence-electron chi connectivity index (χ4n) is 2.89. The highest BCUT2D eigenvalue weighted by atomic mass is 16.5. The second-order valence-electron chi connectivity index (χ2n) is 4.79. The molecule has 1 fully saturated rings. The molecule has 1 aromatic rings. The summed E-state index contributed by atoms with van der Waals surface area (Å²) in [6, 6.07) is 10.6. The minimum absolute atomic E-state index is 0.164. The van der Waals surface area contributed by atoms with Crippen LogP contribution < -0.4 is 0 Å². The Labute approximate surface area is 98.1 Å². The molecule has 1 aliphatic rings. The molecular weight excluding hydrogens is 196 g/mol. The number of rotatable bonds is 3. The van der Waals surface area contributed by atoms with Gasteiger partial charge in [-0.15, -0.1) is 6.58 Å². The Balaban J connectivity index is 2.47. The summed E-state index contributed by atoms with van der Waals surface area (Å²) >= 11 is 0. The topological polar surface area (TPSA) is 9.23 Å². The van der Waals surface area contributed by atoms with E-state index in [9.17, 15) is 0 Å². The molecule has 0 aromatic heterocycles. The lowest BCUT2D eigenvalue weighted by Gasteiger charge is -2.37. The van der Waals surface area contributed by atoms with E-state index in [1.54, 1.807) is 0 Å². The summed E-state index contributed by atoms with van der Waals surface area (Å²) in [6.07, 6.45) is 3.14. The molecular formula is C15H20O. The van der Waals surface area contributed by atoms with E-state index in [1.165, 1.54) is 5.56 Å². The molecule has 1 aromatic carbocycles. The van der Waals surface area contributed by atoms with E-state index in [4.69, 9.17) is 4.74 Å². The second-order valence-corrected chi connectivity index (χ2v) is 4.79. The maximum atomic E-state index is 6.12. The van der Waals surface area contributed by atoms with Gasteiger partial charge in [0.2, 0.25) is 0 Å². The van der Waals surface area contributed by atoms with Gasteiger partial charge in [-0.3, -0.25) is 0 Å². The standard InChI is InChI=1S/C15H20O/c1-4-13-10-11-16-15(13,12(2)3)14-8-6-5-7-9-14/h4-9,12-13H,1,10-11H2,2-3H3/t13-,15+/m0/s1. The average molecular weight is 216 g/mol. The molecule has 2 atom stereocenters. The molecule has 2 rings (SSSR count). The van der Waals surface area contributed by atoms with Crippen molar-refractivity contribution in [3.63, 3.8) is 0 Å². The van der Waals surface area contributed by atoms with Gasteiger partial charge in [0, 0.05) is 12.5 Å². The normalized spacial score (nSPS) is 29.6. The van der Waals surface area contributed by atoms with Gasteiger partial charge in [0.05, 0.1) is 0 Å². The van der Waals surface area contributed by atoms with Gasteiger partial charge in [0.15, 0.2) is 0 Å². The van der Waals surface area contributed by atoms with Gasteiger partial charge in [-0.2, -0.15) is 0 Å². The van der Waals surface area contributed by atoms with Crippen LogP contribution in [0.1, 0.15) is 25.8 Å². The molecule has 0 aliphatic carbocycles. The van der Waals surface area contributed by atoms with Gasteiger partial charge in [0.1, 0.15) is 5.60 Å². The van der Waals surface area contributed by atoms with Crippen LogP contribution in [0.3, 0.4) is 0 Å². The zero-order valence-electron chi connectivity index (χ0n) is 10.1. The largest absolute Gasteiger partial charge is 0.369 e. The lowest BCUT2D eigenvalue weighted by Crippen LogP contribution is -2.37. The third-order valence-electron chi connectivity index (χ3n) is 3.69. The third-order valence-corrected chi connectivity index (χ3v) is 3.69. The zero-order chi connectivity index (χ0) is 11.6. The quantitative estimate of drug-likeness (QED) is 0.699. The Bertz CT molecular complexity index is 355. The van der Waals surface area contributed by atoms with Crippen molar-refractivity contribution in [3.8, 4) is 0 Å². The van der Waals surface area contributed by atoms with E-state index in [2.05, 4.69) is 56.8 Å². The first-order chi connectivity index (χ1) is 7.71. The predicted octanol–water partition coefficient (Wildman–Crippen LogP) is 3.76. The molecule has 0 saturated carbocycles. The smallest absolute Gasteiger partial charge is 0.102 e. The number of hydrogen-bond donors (Lipinski definition) is 0. The Morgan fingerprint density at radius 1 is 1.38 bits per heavy atom. The van der Waals surface area contributed by atoms with Crippen LogP contribution in [0.15, 0.2) is 43.0 Å². The van der Waals surface area contributed by atoms with Crippen LogP contribution in [0.25, 0.3) is 0 Å². The van der Waals surface area contributed by atoms with Crippen molar-refractivity contribution in [1.29, 1.82) is 0 Å². The highest BCUT2D eigenvalue weighted by molar-refractivity contribution is 5.27. The van der Waals surface area contributed by atoms with Crippen LogP contribution in [0, 0.1) is 11.8 Å². The van der Waals surface area contributed by atoms with E-state index < -0.39 is 0 Å². The van der Waals surface area contributed by atoms with Crippen molar-refractivity contribution in [3.05, 3.63) is 48.6 Å². The molecule has 0 N–H and O–H groups in total. The van der Waals surface area contributed by atoms with Crippen LogP contribution in [-0.4, -0.2) is 6.61 Å². The number of ether oxygens (including phenoxy) is 1. The van der Waals surface area contributed by atoms with E-state index in [-0.39, 0.29) is 5.60 Å². The maximum Gasteiger partial charge on any atom is 0.102 e. The SMILES string of the molecule is C=C[C@H]1CCO[C@]1(c1ccccc1)C(C)C. The zero-order valence-corrected chi connectivity index (χ0v) is 10.1. The molecule has 0 bridgehead atoms. The average Bonchev–Trinajstić information content (AvgIpc) is 2.74. The molecule has 1 saturated heterocycles. The van der Waals surface area contributed by atoms with Crippen molar-refractivity contribution >= 4 is 0 Å². The minimum Gasteiger partial charge on any atom is -0.369 e. The molecule has 16 heavy (non-hydrogen) atoms. The Kier molecular flexibility index (Phi) is 3.15. The molecule has 1 heterocycles. The lowest BCUT2D eigenvalue weighted by molar-refractivity contribution is -0.0551. The summed E-state index contributed by atoms with van der Waals surface area (Å²) in [6.45, 7) is 9.26. The molecule has 0 spiro atoms. The number of benzene rings is 1. The summed E-state index contributed by atoms with van der Waals surface area (Å²) in [4.78, 5) is 0. The summed E-state index contributed by atoms with van der Waals surface area (Å²) in [5.41, 5.74) is 1.12. The first-order valence-electron chi connectivity index (χ1n) is 6.04. The molecule has 0 amide bonds. The van der Waals surface area contributed by atoms with Crippen molar-refractivity contribution in [2.24, 2.45) is 11.8 Å². The van der Waals surface area contributed by atoms with Crippen LogP contribution in [0.2, 0.25) is 0 Å². The van der Waals surface area contributed by atoms with Crippen LogP contribution in [0.4, 0.5) is 0 Å². The van der Waals surface area contributed by atoms with E-state index >= 15 is 0 Å². The molecule has 0 unspecified atom stereocenters. The van der Waals surface area contributed by atoms with Crippen molar-refractivity contribution in [2.45, 2.75) is 25.9 Å². The van der Waals surface area contributed by atoms with Crippen LogP contribution in [0.5, 0.6) is 0 Å². The summed E-state index contributed by atoms with van der Waals surface area (Å²) in [5, 5.41) is 0. The summed E-state index contributed by atoms with van der Waals surface area (Å²) in [5.74, 6) is 0.885. The molecule has 1 aliphatic heterocycles. The van der Waals surface area contributed by atoms with Gasteiger partial charge in [-0.05, 0) is 17.9 Å². The monoisotopic (exact) mass is 216 g/mol. The van der Waals surface area contributed by atoms with E-state index in [1.807, 2.05) is 0 Å². The molecule has 0 radical (unpaired) electrons. The highest BCUT2D eigenvalue weighted by Crippen LogP contribution is 2.47. The van der Waals surface area contributed by atoms with Gasteiger partial charge < -0.3 is 4.74 Å². The van der Waals surface area contributed by atoms with Gasteiger partial charge >= 0.3 is 0 Å². The third kappa shape index (κ3) is 1.60. The van der Waals surface area contributed by atoms with Crippen molar-refractivity contribution in [1.82, 2.24) is 0 Å². The molecule has 1 nitrogen and oxygen atoms in total. The van der Waals surface area contributed by atoms with Crippen LogP contribution in [-0.2, 0) is 10.3 Å². The van der Waals surface area contributed by atoms with Crippen molar-refractivity contribution < 1.29 is 4.74 Å².